The Labute approximate surface area is 191 Å². The Morgan fingerprint density at radius 3 is 2.41 bits per heavy atom. The fourth-order valence-electron chi connectivity index (χ4n) is 2.72. The molecule has 0 bridgehead atoms. The maximum absolute atomic E-state index is 12.0. The van der Waals surface area contributed by atoms with E-state index in [0.717, 1.165) is 56.7 Å². The Morgan fingerprint density at radius 2 is 1.76 bits per heavy atom. The van der Waals surface area contributed by atoms with Gasteiger partial charge in [0.15, 0.2) is 5.96 Å². The molecule has 1 amide bonds. The lowest BCUT2D eigenvalue weighted by Crippen LogP contribution is -2.38. The van der Waals surface area contributed by atoms with Crippen molar-refractivity contribution in [3.05, 3.63) is 35.4 Å². The summed E-state index contributed by atoms with van der Waals surface area (Å²) in [5.74, 6) is 0.647. The van der Waals surface area contributed by atoms with Crippen LogP contribution in [0.15, 0.2) is 29.3 Å². The molecule has 2 N–H and O–H groups in total. The smallest absolute Gasteiger partial charge is 0.305 e. The number of carbonyl (C=O) groups is 2. The highest BCUT2D eigenvalue weighted by molar-refractivity contribution is 14.0. The summed E-state index contributed by atoms with van der Waals surface area (Å²) in [6.07, 6.45) is 5.28. The minimum Gasteiger partial charge on any atom is -0.469 e. The molecule has 29 heavy (non-hydrogen) atoms. The van der Waals surface area contributed by atoms with Crippen LogP contribution in [-0.2, 0) is 16.0 Å². The van der Waals surface area contributed by atoms with E-state index in [0.29, 0.717) is 12.0 Å². The first-order chi connectivity index (χ1) is 13.5. The van der Waals surface area contributed by atoms with Gasteiger partial charge in [0, 0.05) is 46.2 Å². The summed E-state index contributed by atoms with van der Waals surface area (Å²) in [6.45, 7) is 1.57. The number of unbranched alkanes of at least 4 members (excludes halogenated alkanes) is 3. The molecule has 0 unspecified atom stereocenters. The fraction of sp³-hybridized carbons (Fsp3) is 0.571. The second-order valence-corrected chi connectivity index (χ2v) is 6.82. The van der Waals surface area contributed by atoms with Crippen molar-refractivity contribution < 1.29 is 14.3 Å². The van der Waals surface area contributed by atoms with Gasteiger partial charge in [0.25, 0.3) is 5.91 Å². The number of hydrogen-bond acceptors (Lipinski definition) is 4. The average molecular weight is 518 g/mol. The number of ether oxygens (including phenoxy) is 1. The van der Waals surface area contributed by atoms with Crippen LogP contribution in [0.1, 0.15) is 48.0 Å². The monoisotopic (exact) mass is 518 g/mol. The van der Waals surface area contributed by atoms with E-state index in [2.05, 4.69) is 20.4 Å². The number of nitrogens with zero attached hydrogens (tertiary/aromatic N) is 2. The topological polar surface area (TPSA) is 83.0 Å². The molecule has 8 heteroatoms. The van der Waals surface area contributed by atoms with E-state index in [-0.39, 0.29) is 35.9 Å². The maximum atomic E-state index is 12.0. The molecule has 1 aromatic carbocycles. The van der Waals surface area contributed by atoms with Crippen molar-refractivity contribution in [3.63, 3.8) is 0 Å². The minimum absolute atomic E-state index is 0. The lowest BCUT2D eigenvalue weighted by molar-refractivity contribution is -0.140. The third-order valence-electron chi connectivity index (χ3n) is 4.34. The summed E-state index contributed by atoms with van der Waals surface area (Å²) in [5, 5.41) is 6.59. The molecule has 0 saturated heterocycles. The SMILES string of the molecule is CN=C(NCCCCCCC(=O)OC)NCCc1cccc(C(=O)N(C)C)c1.I. The zero-order valence-corrected chi connectivity index (χ0v) is 20.3. The van der Waals surface area contributed by atoms with Gasteiger partial charge in [0.2, 0.25) is 0 Å². The Hall–Kier alpha value is -1.84. The third-order valence-corrected chi connectivity index (χ3v) is 4.34. The van der Waals surface area contributed by atoms with Crippen molar-refractivity contribution in [1.82, 2.24) is 15.5 Å². The van der Waals surface area contributed by atoms with E-state index in [9.17, 15) is 9.59 Å². The number of methoxy groups -OCH3 is 1. The van der Waals surface area contributed by atoms with E-state index >= 15 is 0 Å². The second kappa shape index (κ2) is 16.0. The predicted octanol–water partition coefficient (Wildman–Crippen LogP) is 2.84. The number of carbonyl (C=O) groups excluding carboxylic acids is 2. The first kappa shape index (κ1) is 27.2. The number of hydrogen-bond donors (Lipinski definition) is 2. The van der Waals surface area contributed by atoms with Crippen LogP contribution >= 0.6 is 24.0 Å². The van der Waals surface area contributed by atoms with Crippen LogP contribution < -0.4 is 10.6 Å². The van der Waals surface area contributed by atoms with Gasteiger partial charge in [-0.1, -0.05) is 25.0 Å². The zero-order valence-electron chi connectivity index (χ0n) is 18.0. The highest BCUT2D eigenvalue weighted by Gasteiger charge is 2.08. The van der Waals surface area contributed by atoms with Crippen molar-refractivity contribution in [2.75, 3.05) is 41.3 Å². The minimum atomic E-state index is -0.139. The normalized spacial score (nSPS) is 10.7. The van der Waals surface area contributed by atoms with Crippen LogP contribution in [0.5, 0.6) is 0 Å². The lowest BCUT2D eigenvalue weighted by Gasteiger charge is -2.13. The molecule has 0 spiro atoms. The van der Waals surface area contributed by atoms with Crippen molar-refractivity contribution >= 4 is 41.8 Å². The summed E-state index contributed by atoms with van der Waals surface area (Å²) in [4.78, 5) is 28.9. The lowest BCUT2D eigenvalue weighted by atomic mass is 10.1. The van der Waals surface area contributed by atoms with Gasteiger partial charge in [-0.15, -0.1) is 24.0 Å². The van der Waals surface area contributed by atoms with Crippen molar-refractivity contribution in [2.24, 2.45) is 4.99 Å². The summed E-state index contributed by atoms with van der Waals surface area (Å²) in [5.41, 5.74) is 1.82. The fourth-order valence-corrected chi connectivity index (χ4v) is 2.72. The molecule has 0 aliphatic carbocycles. The van der Waals surface area contributed by atoms with Gasteiger partial charge in [-0.2, -0.15) is 0 Å². The van der Waals surface area contributed by atoms with Gasteiger partial charge < -0.3 is 20.3 Å². The van der Waals surface area contributed by atoms with Gasteiger partial charge >= 0.3 is 5.97 Å². The molecular weight excluding hydrogens is 483 g/mol. The largest absolute Gasteiger partial charge is 0.469 e. The van der Waals surface area contributed by atoms with Crippen molar-refractivity contribution in [1.29, 1.82) is 0 Å². The van der Waals surface area contributed by atoms with Gasteiger partial charge in [0.1, 0.15) is 0 Å². The third kappa shape index (κ3) is 11.7. The number of halogens is 1. The van der Waals surface area contributed by atoms with E-state index in [1.807, 2.05) is 24.3 Å². The van der Waals surface area contributed by atoms with E-state index < -0.39 is 0 Å². The van der Waals surface area contributed by atoms with Gasteiger partial charge in [0.05, 0.1) is 7.11 Å². The standard InChI is InChI=1S/C21H34N4O3.HI/c1-22-21(23-14-8-6-5-7-12-19(26)28-4)24-15-13-17-10-9-11-18(16-17)20(27)25(2)3;/h9-11,16H,5-8,12-15H2,1-4H3,(H2,22,23,24);1H. The Bertz CT molecular complexity index is 651. The number of aliphatic imine (C=N–C) groups is 1. The molecule has 0 radical (unpaired) electrons. The summed E-state index contributed by atoms with van der Waals surface area (Å²) < 4.78 is 4.63. The molecule has 7 nitrogen and oxygen atoms in total. The number of nitrogens with one attached hydrogen (secondary N) is 2. The van der Waals surface area contributed by atoms with Crippen LogP contribution in [0.25, 0.3) is 0 Å². The summed E-state index contributed by atoms with van der Waals surface area (Å²) >= 11 is 0. The van der Waals surface area contributed by atoms with Crippen LogP contribution in [0.2, 0.25) is 0 Å². The molecule has 0 heterocycles. The Kier molecular flexibility index (Phi) is 15.0. The highest BCUT2D eigenvalue weighted by Crippen LogP contribution is 2.08. The first-order valence-electron chi connectivity index (χ1n) is 9.80. The molecule has 0 saturated carbocycles. The van der Waals surface area contributed by atoms with Gasteiger partial charge in [-0.3, -0.25) is 14.6 Å². The van der Waals surface area contributed by atoms with Gasteiger partial charge in [-0.25, -0.2) is 0 Å². The van der Waals surface area contributed by atoms with E-state index in [1.54, 1.807) is 26.0 Å². The average Bonchev–Trinajstić information content (AvgIpc) is 2.70. The number of esters is 1. The van der Waals surface area contributed by atoms with Crippen LogP contribution in [-0.4, -0.2) is 64.1 Å². The maximum Gasteiger partial charge on any atom is 0.305 e. The number of amides is 1. The molecular formula is C21H35IN4O3. The summed E-state index contributed by atoms with van der Waals surface area (Å²) in [6, 6.07) is 7.72. The molecule has 0 aromatic heterocycles. The second-order valence-electron chi connectivity index (χ2n) is 6.82. The quantitative estimate of drug-likeness (QED) is 0.155. The number of rotatable bonds is 11. The highest BCUT2D eigenvalue weighted by atomic mass is 127. The van der Waals surface area contributed by atoms with Crippen molar-refractivity contribution in [3.8, 4) is 0 Å². The number of benzene rings is 1. The number of guanidine groups is 1. The Balaban J connectivity index is 0.00000784. The van der Waals surface area contributed by atoms with Crippen LogP contribution in [0, 0.1) is 0 Å². The molecule has 1 aromatic rings. The van der Waals surface area contributed by atoms with E-state index in [1.165, 1.54) is 7.11 Å². The van der Waals surface area contributed by atoms with E-state index in [4.69, 9.17) is 0 Å². The molecule has 0 fully saturated rings. The van der Waals surface area contributed by atoms with Crippen LogP contribution in [0.4, 0.5) is 0 Å². The predicted molar refractivity (Wildman–Crippen MR) is 128 cm³/mol. The summed E-state index contributed by atoms with van der Waals surface area (Å²) in [7, 11) is 6.68. The molecule has 1 rings (SSSR count). The molecule has 0 aliphatic heterocycles. The van der Waals surface area contributed by atoms with Crippen molar-refractivity contribution in [2.45, 2.75) is 38.5 Å². The zero-order chi connectivity index (χ0) is 20.8. The molecule has 0 atom stereocenters. The van der Waals surface area contributed by atoms with Crippen LogP contribution in [0.3, 0.4) is 0 Å². The first-order valence-corrected chi connectivity index (χ1v) is 9.80. The van der Waals surface area contributed by atoms with Gasteiger partial charge in [-0.05, 0) is 37.0 Å². The Morgan fingerprint density at radius 1 is 1.07 bits per heavy atom. The molecule has 164 valence electrons. The molecule has 0 aliphatic rings.